The van der Waals surface area contributed by atoms with Gasteiger partial charge in [0.05, 0.1) is 28.0 Å². The third-order valence-corrected chi connectivity index (χ3v) is 5.94. The molecule has 1 fully saturated rings. The van der Waals surface area contributed by atoms with E-state index in [4.69, 9.17) is 9.15 Å². The lowest BCUT2D eigenvalue weighted by Gasteiger charge is -2.27. The maximum Gasteiger partial charge on any atom is 0.291 e. The highest BCUT2D eigenvalue weighted by Gasteiger charge is 2.44. The van der Waals surface area contributed by atoms with Gasteiger partial charge in [0.2, 0.25) is 5.76 Å². The number of hydrogen-bond donors (Lipinski definition) is 0. The molecule has 0 spiro atoms. The number of aryl methyl sites for hydroxylation is 1. The number of carbonyl (C=O) groups is 1. The number of nitrogens with zero attached hydrogens (tertiary/aromatic N) is 2. The molecule has 5 rings (SSSR count). The van der Waals surface area contributed by atoms with E-state index >= 15 is 0 Å². The second-order valence-corrected chi connectivity index (χ2v) is 8.02. The molecule has 2 aromatic carbocycles. The molecule has 0 bridgehead atoms. The van der Waals surface area contributed by atoms with Gasteiger partial charge >= 0.3 is 0 Å². The van der Waals surface area contributed by atoms with E-state index in [1.165, 1.54) is 12.1 Å². The number of benzene rings is 2. The Balaban J connectivity index is 1.72. The molecule has 8 nitrogen and oxygen atoms in total. The van der Waals surface area contributed by atoms with Crippen LogP contribution in [0.3, 0.4) is 0 Å². The van der Waals surface area contributed by atoms with Crippen LogP contribution in [-0.2, 0) is 4.74 Å². The molecular weight excluding hydrogens is 400 g/mol. The van der Waals surface area contributed by atoms with E-state index in [1.807, 2.05) is 13.0 Å². The first-order chi connectivity index (χ1) is 14.9. The first-order valence-electron chi connectivity index (χ1n) is 10.2. The Labute approximate surface area is 177 Å². The van der Waals surface area contributed by atoms with Crippen molar-refractivity contribution in [3.05, 3.63) is 85.3 Å². The Morgan fingerprint density at radius 2 is 2.03 bits per heavy atom. The minimum Gasteiger partial charge on any atom is -0.450 e. The lowest BCUT2D eigenvalue weighted by Crippen LogP contribution is -2.36. The van der Waals surface area contributed by atoms with Crippen LogP contribution in [0.25, 0.3) is 11.0 Å². The van der Waals surface area contributed by atoms with Crippen LogP contribution in [0.1, 0.15) is 46.1 Å². The summed E-state index contributed by atoms with van der Waals surface area (Å²) in [7, 11) is 0. The summed E-state index contributed by atoms with van der Waals surface area (Å²) in [5.41, 5.74) is 1.57. The summed E-state index contributed by atoms with van der Waals surface area (Å²) >= 11 is 0. The molecule has 1 aromatic heterocycles. The largest absolute Gasteiger partial charge is 0.450 e. The molecule has 3 heterocycles. The number of non-ortho nitro benzene ring substituents is 1. The van der Waals surface area contributed by atoms with E-state index < -0.39 is 16.9 Å². The molecule has 2 atom stereocenters. The van der Waals surface area contributed by atoms with Gasteiger partial charge in [-0.25, -0.2) is 0 Å². The number of carbonyl (C=O) groups excluding carboxylic acids is 1. The Kier molecular flexibility index (Phi) is 4.59. The first kappa shape index (κ1) is 19.4. The highest BCUT2D eigenvalue weighted by atomic mass is 16.6. The number of ether oxygens (including phenoxy) is 1. The smallest absolute Gasteiger partial charge is 0.291 e. The molecule has 0 saturated carbocycles. The molecule has 3 aromatic rings. The monoisotopic (exact) mass is 420 g/mol. The molecule has 2 aliphatic rings. The maximum absolute atomic E-state index is 13.5. The van der Waals surface area contributed by atoms with Gasteiger partial charge in [-0.05, 0) is 37.5 Å². The number of fused-ring (bicyclic) bond motifs is 2. The van der Waals surface area contributed by atoms with Gasteiger partial charge in [-0.1, -0.05) is 23.8 Å². The Hall–Kier alpha value is -3.52. The van der Waals surface area contributed by atoms with Crippen LogP contribution in [0.2, 0.25) is 0 Å². The van der Waals surface area contributed by atoms with Gasteiger partial charge in [0.25, 0.3) is 11.6 Å². The predicted octanol–water partition coefficient (Wildman–Crippen LogP) is 3.73. The van der Waals surface area contributed by atoms with Crippen molar-refractivity contribution < 1.29 is 18.9 Å². The van der Waals surface area contributed by atoms with Gasteiger partial charge in [-0.3, -0.25) is 19.7 Å². The topological polar surface area (TPSA) is 103 Å². The van der Waals surface area contributed by atoms with Crippen LogP contribution in [0.5, 0.6) is 0 Å². The van der Waals surface area contributed by atoms with Gasteiger partial charge in [0, 0.05) is 25.3 Å². The van der Waals surface area contributed by atoms with E-state index in [2.05, 4.69) is 0 Å². The molecule has 8 heteroatoms. The second kappa shape index (κ2) is 7.31. The molecule has 1 saturated heterocycles. The standard InChI is InChI=1S/C23H20N2O6/c1-13-7-8-18-17(10-13)21(26)19-20(14-4-2-5-15(11-14)25(28)29)24(23(27)22(19)31-18)12-16-6-3-9-30-16/h2,4-5,7-8,10-11,16,20H,3,6,9,12H2,1H3/t16-,20-/m0/s1. The van der Waals surface area contributed by atoms with Crippen molar-refractivity contribution in [2.45, 2.75) is 31.9 Å². The lowest BCUT2D eigenvalue weighted by atomic mass is 9.97. The number of amides is 1. The normalized spacial score (nSPS) is 20.4. The van der Waals surface area contributed by atoms with E-state index in [-0.39, 0.29) is 35.1 Å². The molecule has 0 N–H and O–H groups in total. The van der Waals surface area contributed by atoms with Gasteiger partial charge in [-0.2, -0.15) is 0 Å². The van der Waals surface area contributed by atoms with Crippen molar-refractivity contribution in [2.24, 2.45) is 0 Å². The summed E-state index contributed by atoms with van der Waals surface area (Å²) in [6, 6.07) is 10.5. The third-order valence-electron chi connectivity index (χ3n) is 5.94. The molecular formula is C23H20N2O6. The van der Waals surface area contributed by atoms with Crippen molar-refractivity contribution in [1.29, 1.82) is 0 Å². The van der Waals surface area contributed by atoms with E-state index in [0.29, 0.717) is 23.1 Å². The molecule has 0 aliphatic carbocycles. The van der Waals surface area contributed by atoms with Crippen LogP contribution in [-0.4, -0.2) is 35.0 Å². The van der Waals surface area contributed by atoms with Gasteiger partial charge in [-0.15, -0.1) is 0 Å². The lowest BCUT2D eigenvalue weighted by molar-refractivity contribution is -0.384. The fourth-order valence-corrected chi connectivity index (χ4v) is 4.49. The minimum absolute atomic E-state index is 0.00384. The van der Waals surface area contributed by atoms with Crippen molar-refractivity contribution in [1.82, 2.24) is 4.90 Å². The number of nitro groups is 1. The summed E-state index contributed by atoms with van der Waals surface area (Å²) in [6.45, 7) is 2.78. The van der Waals surface area contributed by atoms with Gasteiger partial charge < -0.3 is 14.1 Å². The average Bonchev–Trinajstić information content (AvgIpc) is 3.36. The zero-order valence-corrected chi connectivity index (χ0v) is 16.9. The Morgan fingerprint density at radius 1 is 1.19 bits per heavy atom. The zero-order valence-electron chi connectivity index (χ0n) is 16.9. The van der Waals surface area contributed by atoms with Crippen LogP contribution in [0.4, 0.5) is 5.69 Å². The molecule has 0 unspecified atom stereocenters. The van der Waals surface area contributed by atoms with Gasteiger partial charge in [0.1, 0.15) is 5.58 Å². The molecule has 1 amide bonds. The zero-order chi connectivity index (χ0) is 21.7. The molecule has 0 radical (unpaired) electrons. The number of hydrogen-bond acceptors (Lipinski definition) is 6. The van der Waals surface area contributed by atoms with Crippen LogP contribution >= 0.6 is 0 Å². The van der Waals surface area contributed by atoms with Crippen molar-refractivity contribution in [3.8, 4) is 0 Å². The van der Waals surface area contributed by atoms with E-state index in [1.54, 1.807) is 29.2 Å². The van der Waals surface area contributed by atoms with Crippen molar-refractivity contribution in [3.63, 3.8) is 0 Å². The van der Waals surface area contributed by atoms with E-state index in [9.17, 15) is 19.7 Å². The number of nitro benzene ring substituents is 1. The van der Waals surface area contributed by atoms with Crippen LogP contribution in [0.15, 0.2) is 51.7 Å². The Bertz CT molecular complexity index is 1270. The van der Waals surface area contributed by atoms with Gasteiger partial charge in [0.15, 0.2) is 5.43 Å². The van der Waals surface area contributed by atoms with Crippen molar-refractivity contribution >= 4 is 22.6 Å². The van der Waals surface area contributed by atoms with Crippen molar-refractivity contribution in [2.75, 3.05) is 13.2 Å². The van der Waals surface area contributed by atoms with E-state index in [0.717, 1.165) is 18.4 Å². The summed E-state index contributed by atoms with van der Waals surface area (Å²) in [4.78, 5) is 39.3. The second-order valence-electron chi connectivity index (χ2n) is 8.02. The fourth-order valence-electron chi connectivity index (χ4n) is 4.49. The minimum atomic E-state index is -0.771. The SMILES string of the molecule is Cc1ccc2oc3c(c(=O)c2c1)[C@H](c1cccc([N+](=O)[O-])c1)N(C[C@@H]1CCCO1)C3=O. The summed E-state index contributed by atoms with van der Waals surface area (Å²) in [5.74, 6) is -0.405. The van der Waals surface area contributed by atoms with Crippen LogP contribution < -0.4 is 5.43 Å². The fraction of sp³-hybridized carbons (Fsp3) is 0.304. The molecule has 2 aliphatic heterocycles. The first-order valence-corrected chi connectivity index (χ1v) is 10.2. The molecule has 158 valence electrons. The average molecular weight is 420 g/mol. The summed E-state index contributed by atoms with van der Waals surface area (Å²) in [6.07, 6.45) is 1.57. The molecule has 31 heavy (non-hydrogen) atoms. The Morgan fingerprint density at radius 3 is 2.77 bits per heavy atom. The highest BCUT2D eigenvalue weighted by Crippen LogP contribution is 2.39. The maximum atomic E-state index is 13.5. The quantitative estimate of drug-likeness (QED) is 0.471. The summed E-state index contributed by atoms with van der Waals surface area (Å²) < 4.78 is 11.6. The summed E-state index contributed by atoms with van der Waals surface area (Å²) in [5, 5.41) is 11.7. The van der Waals surface area contributed by atoms with Crippen LogP contribution in [0, 0.1) is 17.0 Å². The predicted molar refractivity (Wildman–Crippen MR) is 112 cm³/mol. The highest BCUT2D eigenvalue weighted by molar-refractivity contribution is 5.99. The number of rotatable bonds is 4. The third kappa shape index (κ3) is 3.19.